The third-order valence-electron chi connectivity index (χ3n) is 2.89. The first kappa shape index (κ1) is 11.3. The van der Waals surface area contributed by atoms with Crippen LogP contribution in [0, 0.1) is 0 Å². The molecule has 2 rings (SSSR count). The van der Waals surface area contributed by atoms with Crippen LogP contribution < -0.4 is 5.32 Å². The summed E-state index contributed by atoms with van der Waals surface area (Å²) in [6.45, 7) is 1.55. The van der Waals surface area contributed by atoms with E-state index in [2.05, 4.69) is 15.5 Å². The van der Waals surface area contributed by atoms with Gasteiger partial charge in [-0.25, -0.2) is 0 Å². The highest BCUT2D eigenvalue weighted by atomic mass is 16.5. The minimum Gasteiger partial charge on any atom is -0.376 e. The third kappa shape index (κ3) is 3.77. The number of nitrogens with zero attached hydrogens (tertiary/aromatic N) is 2. The number of hydrogen-bond donors (Lipinski definition) is 1. The highest BCUT2D eigenvalue weighted by molar-refractivity contribution is 5.30. The lowest BCUT2D eigenvalue weighted by molar-refractivity contribution is 0.0347. The van der Waals surface area contributed by atoms with Gasteiger partial charge in [0.1, 0.15) is 5.82 Å². The van der Waals surface area contributed by atoms with Gasteiger partial charge >= 0.3 is 0 Å². The zero-order valence-corrected chi connectivity index (χ0v) is 9.56. The predicted octanol–water partition coefficient (Wildman–Crippen LogP) is 2.24. The van der Waals surface area contributed by atoms with Crippen LogP contribution in [0.3, 0.4) is 0 Å². The Bertz CT molecular complexity index is 286. The highest BCUT2D eigenvalue weighted by Gasteiger charge is 2.12. The average Bonchev–Trinajstić information content (AvgIpc) is 2.37. The standard InChI is InChI=1S/C12H19N3O/c1-2-5-11(6-3-1)16-10-9-13-12-7-4-8-14-15-12/h4,7-8,11H,1-3,5-6,9-10H2,(H,13,15). The van der Waals surface area contributed by atoms with E-state index in [1.54, 1.807) is 6.20 Å². The second-order valence-electron chi connectivity index (χ2n) is 4.17. The van der Waals surface area contributed by atoms with Gasteiger partial charge in [-0.1, -0.05) is 19.3 Å². The molecule has 88 valence electrons. The van der Waals surface area contributed by atoms with Crippen molar-refractivity contribution in [1.82, 2.24) is 10.2 Å². The summed E-state index contributed by atoms with van der Waals surface area (Å²) < 4.78 is 5.79. The van der Waals surface area contributed by atoms with Crippen LogP contribution in [-0.4, -0.2) is 29.5 Å². The molecule has 0 unspecified atom stereocenters. The van der Waals surface area contributed by atoms with E-state index in [0.717, 1.165) is 19.0 Å². The molecule has 1 saturated carbocycles. The smallest absolute Gasteiger partial charge is 0.148 e. The van der Waals surface area contributed by atoms with Gasteiger partial charge < -0.3 is 10.1 Å². The summed E-state index contributed by atoms with van der Waals surface area (Å²) in [6, 6.07) is 3.78. The van der Waals surface area contributed by atoms with E-state index in [0.29, 0.717) is 6.10 Å². The lowest BCUT2D eigenvalue weighted by Crippen LogP contribution is -2.20. The van der Waals surface area contributed by atoms with Crippen molar-refractivity contribution in [2.24, 2.45) is 0 Å². The van der Waals surface area contributed by atoms with E-state index in [9.17, 15) is 0 Å². The molecule has 1 N–H and O–H groups in total. The van der Waals surface area contributed by atoms with Gasteiger partial charge in [0.25, 0.3) is 0 Å². The molecular formula is C12H19N3O. The maximum absolute atomic E-state index is 5.79. The summed E-state index contributed by atoms with van der Waals surface area (Å²) in [5.74, 6) is 0.815. The number of rotatable bonds is 5. The van der Waals surface area contributed by atoms with Gasteiger partial charge in [-0.2, -0.15) is 5.10 Å². The van der Waals surface area contributed by atoms with Crippen LogP contribution in [0.5, 0.6) is 0 Å². The van der Waals surface area contributed by atoms with Crippen LogP contribution in [0.15, 0.2) is 18.3 Å². The Morgan fingerprint density at radius 1 is 1.31 bits per heavy atom. The Kier molecular flexibility index (Phi) is 4.55. The first-order chi connectivity index (χ1) is 7.95. The molecule has 0 atom stereocenters. The van der Waals surface area contributed by atoms with Crippen molar-refractivity contribution >= 4 is 5.82 Å². The van der Waals surface area contributed by atoms with Crippen LogP contribution in [0.2, 0.25) is 0 Å². The van der Waals surface area contributed by atoms with Crippen molar-refractivity contribution in [1.29, 1.82) is 0 Å². The lowest BCUT2D eigenvalue weighted by atomic mass is 9.98. The van der Waals surface area contributed by atoms with E-state index in [1.807, 2.05) is 12.1 Å². The molecule has 0 bridgehead atoms. The Morgan fingerprint density at radius 3 is 2.94 bits per heavy atom. The molecule has 16 heavy (non-hydrogen) atoms. The first-order valence-corrected chi connectivity index (χ1v) is 6.08. The second-order valence-corrected chi connectivity index (χ2v) is 4.17. The average molecular weight is 221 g/mol. The highest BCUT2D eigenvalue weighted by Crippen LogP contribution is 2.19. The fourth-order valence-electron chi connectivity index (χ4n) is 2.03. The lowest BCUT2D eigenvalue weighted by Gasteiger charge is -2.21. The summed E-state index contributed by atoms with van der Waals surface area (Å²) in [5, 5.41) is 10.9. The molecule has 0 aliphatic heterocycles. The summed E-state index contributed by atoms with van der Waals surface area (Å²) in [6.07, 6.45) is 8.62. The topological polar surface area (TPSA) is 47.0 Å². The minimum atomic E-state index is 0.484. The van der Waals surface area contributed by atoms with Crippen molar-refractivity contribution in [3.63, 3.8) is 0 Å². The first-order valence-electron chi connectivity index (χ1n) is 6.08. The van der Waals surface area contributed by atoms with E-state index in [1.165, 1.54) is 32.1 Å². The Morgan fingerprint density at radius 2 is 2.19 bits per heavy atom. The van der Waals surface area contributed by atoms with Gasteiger partial charge in [0.05, 0.1) is 12.7 Å². The third-order valence-corrected chi connectivity index (χ3v) is 2.89. The zero-order valence-electron chi connectivity index (χ0n) is 9.56. The van der Waals surface area contributed by atoms with Gasteiger partial charge in [-0.3, -0.25) is 0 Å². The van der Waals surface area contributed by atoms with Crippen LogP contribution in [-0.2, 0) is 4.74 Å². The molecule has 0 spiro atoms. The van der Waals surface area contributed by atoms with Gasteiger partial charge in [-0.15, -0.1) is 5.10 Å². The molecule has 4 heteroatoms. The predicted molar refractivity (Wildman–Crippen MR) is 63.3 cm³/mol. The molecular weight excluding hydrogens is 202 g/mol. The normalized spacial score (nSPS) is 17.2. The molecule has 1 aromatic rings. The van der Waals surface area contributed by atoms with Crippen molar-refractivity contribution in [3.8, 4) is 0 Å². The van der Waals surface area contributed by atoms with Crippen LogP contribution in [0.4, 0.5) is 5.82 Å². The number of anilines is 1. The molecule has 1 aliphatic rings. The van der Waals surface area contributed by atoms with Crippen LogP contribution in [0.1, 0.15) is 32.1 Å². The Balaban J connectivity index is 1.58. The number of nitrogens with one attached hydrogen (secondary N) is 1. The maximum atomic E-state index is 5.79. The van der Waals surface area contributed by atoms with E-state index >= 15 is 0 Å². The van der Waals surface area contributed by atoms with Gasteiger partial charge in [0.15, 0.2) is 0 Å². The molecule has 0 amide bonds. The van der Waals surface area contributed by atoms with E-state index < -0.39 is 0 Å². The van der Waals surface area contributed by atoms with Crippen LogP contribution >= 0.6 is 0 Å². The van der Waals surface area contributed by atoms with E-state index in [-0.39, 0.29) is 0 Å². The second kappa shape index (κ2) is 6.43. The SMILES string of the molecule is c1cnnc(NCCOC2CCCCC2)c1. The number of hydrogen-bond acceptors (Lipinski definition) is 4. The molecule has 0 radical (unpaired) electrons. The van der Waals surface area contributed by atoms with Crippen molar-refractivity contribution in [3.05, 3.63) is 18.3 Å². The van der Waals surface area contributed by atoms with Gasteiger partial charge in [0.2, 0.25) is 0 Å². The fraction of sp³-hybridized carbons (Fsp3) is 0.667. The molecule has 1 aliphatic carbocycles. The largest absolute Gasteiger partial charge is 0.376 e. The Labute approximate surface area is 96.4 Å². The molecule has 4 nitrogen and oxygen atoms in total. The molecule has 1 aromatic heterocycles. The number of ether oxygens (including phenoxy) is 1. The van der Waals surface area contributed by atoms with Crippen molar-refractivity contribution in [2.45, 2.75) is 38.2 Å². The minimum absolute atomic E-state index is 0.484. The maximum Gasteiger partial charge on any atom is 0.148 e. The van der Waals surface area contributed by atoms with Gasteiger partial charge in [-0.05, 0) is 25.0 Å². The molecule has 0 saturated heterocycles. The Hall–Kier alpha value is -1.16. The van der Waals surface area contributed by atoms with E-state index in [4.69, 9.17) is 4.74 Å². The summed E-state index contributed by atoms with van der Waals surface area (Å²) in [7, 11) is 0. The van der Waals surface area contributed by atoms with Crippen molar-refractivity contribution < 1.29 is 4.74 Å². The summed E-state index contributed by atoms with van der Waals surface area (Å²) in [5.41, 5.74) is 0. The monoisotopic (exact) mass is 221 g/mol. The van der Waals surface area contributed by atoms with Gasteiger partial charge in [0, 0.05) is 12.7 Å². The zero-order chi connectivity index (χ0) is 11.1. The molecule has 0 aromatic carbocycles. The van der Waals surface area contributed by atoms with Crippen LogP contribution in [0.25, 0.3) is 0 Å². The summed E-state index contributed by atoms with van der Waals surface area (Å²) in [4.78, 5) is 0. The van der Waals surface area contributed by atoms with Crippen molar-refractivity contribution in [2.75, 3.05) is 18.5 Å². The molecule has 1 heterocycles. The summed E-state index contributed by atoms with van der Waals surface area (Å²) >= 11 is 0. The fourth-order valence-corrected chi connectivity index (χ4v) is 2.03. The quantitative estimate of drug-likeness (QED) is 0.775. The molecule has 1 fully saturated rings. The number of aromatic nitrogens is 2.